The largest absolute Gasteiger partial charge is 0.210 e. The fourth-order valence-electron chi connectivity index (χ4n) is 7.95. The van der Waals surface area contributed by atoms with Crippen LogP contribution in [0.15, 0.2) is 128 Å². The van der Waals surface area contributed by atoms with Gasteiger partial charge < -0.3 is 0 Å². The highest BCUT2D eigenvalue weighted by molar-refractivity contribution is 6.28. The van der Waals surface area contributed by atoms with E-state index in [2.05, 4.69) is 167 Å². The number of hydrogen-bond donors (Lipinski definition) is 0. The van der Waals surface area contributed by atoms with Crippen molar-refractivity contribution in [3.05, 3.63) is 144 Å². The summed E-state index contributed by atoms with van der Waals surface area (Å²) >= 11 is 0. The molecule has 1 aliphatic carbocycles. The number of pyridine rings is 2. The summed E-state index contributed by atoms with van der Waals surface area (Å²) in [6.45, 7) is 11.7. The maximum atomic E-state index is 2.47. The molecule has 0 spiro atoms. The van der Waals surface area contributed by atoms with E-state index in [1.807, 2.05) is 0 Å². The minimum atomic E-state index is -0.0487. The highest BCUT2D eigenvalue weighted by Crippen LogP contribution is 2.51. The number of rotatable bonds is 2. The van der Waals surface area contributed by atoms with Crippen LogP contribution in [0.3, 0.4) is 0 Å². The Bertz CT molecular complexity index is 2470. The lowest BCUT2D eigenvalue weighted by Crippen LogP contribution is -2.20. The number of aromatic nitrogens is 1. The van der Waals surface area contributed by atoms with Crippen LogP contribution in [0.1, 0.15) is 51.3 Å². The van der Waals surface area contributed by atoms with Crippen LogP contribution in [-0.2, 0) is 10.8 Å². The Hall–Kier alpha value is -5.01. The van der Waals surface area contributed by atoms with Crippen molar-refractivity contribution in [2.45, 2.75) is 45.4 Å². The number of benzene rings is 6. The van der Waals surface area contributed by atoms with Gasteiger partial charge in [-0.3, -0.25) is 0 Å². The maximum absolute atomic E-state index is 2.47. The smallest absolute Gasteiger partial charge is 0.167 e. The van der Waals surface area contributed by atoms with E-state index in [1.54, 1.807) is 0 Å². The van der Waals surface area contributed by atoms with E-state index in [0.29, 0.717) is 0 Å². The van der Waals surface area contributed by atoms with E-state index in [-0.39, 0.29) is 10.8 Å². The predicted octanol–water partition coefficient (Wildman–Crippen LogP) is 11.3. The normalized spacial score (nSPS) is 14.1. The van der Waals surface area contributed by atoms with E-state index in [9.17, 15) is 0 Å². The maximum Gasteiger partial charge on any atom is 0.210 e. The Morgan fingerprint density at radius 1 is 0.533 bits per heavy atom. The van der Waals surface area contributed by atoms with Crippen molar-refractivity contribution in [2.75, 3.05) is 0 Å². The first kappa shape index (κ1) is 26.4. The third-order valence-corrected chi connectivity index (χ3v) is 10.4. The molecule has 1 heteroatoms. The SMILES string of the molecule is CC(C)(C)c1cc2ccc3c(-c4ccc5c(c4)C(C)(C)c4ccccc4-5)cc(-c4ccc5cccc[n+]5c4)c4ccc(c1)c2c34. The molecule has 0 fully saturated rings. The summed E-state index contributed by atoms with van der Waals surface area (Å²) in [5, 5.41) is 7.98. The molecule has 2 aromatic heterocycles. The van der Waals surface area contributed by atoms with Crippen molar-refractivity contribution in [3.8, 4) is 33.4 Å². The zero-order valence-electron chi connectivity index (χ0n) is 26.6. The van der Waals surface area contributed by atoms with Gasteiger partial charge in [0.25, 0.3) is 0 Å². The Morgan fingerprint density at radius 2 is 1.20 bits per heavy atom. The molecule has 0 bridgehead atoms. The summed E-state index contributed by atoms with van der Waals surface area (Å²) < 4.78 is 2.23. The summed E-state index contributed by atoms with van der Waals surface area (Å²) in [7, 11) is 0. The Labute approximate surface area is 264 Å². The van der Waals surface area contributed by atoms with Crippen molar-refractivity contribution in [1.82, 2.24) is 0 Å². The molecule has 1 aliphatic rings. The van der Waals surface area contributed by atoms with Crippen LogP contribution in [-0.4, -0.2) is 0 Å². The molecule has 0 radical (unpaired) electrons. The van der Waals surface area contributed by atoms with Gasteiger partial charge in [-0.05, 0) is 107 Å². The lowest BCUT2D eigenvalue weighted by atomic mass is 9.80. The molecule has 0 saturated carbocycles. The summed E-state index contributed by atoms with van der Waals surface area (Å²) in [5.41, 5.74) is 13.2. The fourth-order valence-corrected chi connectivity index (χ4v) is 7.95. The second kappa shape index (κ2) is 9.02. The molecule has 0 aliphatic heterocycles. The summed E-state index contributed by atoms with van der Waals surface area (Å²) in [5.74, 6) is 0. The molecule has 0 saturated heterocycles. The number of hydrogen-bond acceptors (Lipinski definition) is 0. The molecule has 0 atom stereocenters. The molecular formula is C44H36N+. The molecule has 216 valence electrons. The highest BCUT2D eigenvalue weighted by Gasteiger charge is 2.35. The highest BCUT2D eigenvalue weighted by atomic mass is 14.8. The average Bonchev–Trinajstić information content (AvgIpc) is 3.28. The zero-order valence-corrected chi connectivity index (χ0v) is 26.6. The molecule has 1 nitrogen and oxygen atoms in total. The molecule has 0 unspecified atom stereocenters. The van der Waals surface area contributed by atoms with E-state index in [0.717, 1.165) is 0 Å². The summed E-state index contributed by atoms with van der Waals surface area (Å²) in [6.07, 6.45) is 4.43. The first-order valence-corrected chi connectivity index (χ1v) is 16.1. The first-order valence-electron chi connectivity index (χ1n) is 16.1. The second-order valence-corrected chi connectivity index (χ2v) is 14.5. The van der Waals surface area contributed by atoms with Gasteiger partial charge in [-0.25, -0.2) is 0 Å². The molecule has 6 aromatic carbocycles. The minimum absolute atomic E-state index is 0.0487. The molecule has 0 amide bonds. The van der Waals surface area contributed by atoms with Crippen LogP contribution in [0.25, 0.3) is 71.2 Å². The third-order valence-electron chi connectivity index (χ3n) is 10.4. The van der Waals surface area contributed by atoms with Crippen LogP contribution in [0, 0.1) is 0 Å². The van der Waals surface area contributed by atoms with Crippen molar-refractivity contribution in [3.63, 3.8) is 0 Å². The van der Waals surface area contributed by atoms with Crippen molar-refractivity contribution >= 4 is 37.8 Å². The van der Waals surface area contributed by atoms with Gasteiger partial charge in [-0.2, -0.15) is 4.40 Å². The molecule has 2 heterocycles. The Morgan fingerprint density at radius 3 is 1.96 bits per heavy atom. The summed E-state index contributed by atoms with van der Waals surface area (Å²) in [6, 6.07) is 43.7. The quantitative estimate of drug-likeness (QED) is 0.142. The Kier molecular flexibility index (Phi) is 5.29. The minimum Gasteiger partial charge on any atom is -0.167 e. The second-order valence-electron chi connectivity index (χ2n) is 14.5. The van der Waals surface area contributed by atoms with Crippen LogP contribution in [0.5, 0.6) is 0 Å². The molecule has 45 heavy (non-hydrogen) atoms. The van der Waals surface area contributed by atoms with E-state index in [4.69, 9.17) is 0 Å². The van der Waals surface area contributed by atoms with Crippen LogP contribution in [0.2, 0.25) is 0 Å². The van der Waals surface area contributed by atoms with Crippen molar-refractivity contribution in [1.29, 1.82) is 0 Å². The van der Waals surface area contributed by atoms with E-state index in [1.165, 1.54) is 87.9 Å². The monoisotopic (exact) mass is 578 g/mol. The average molecular weight is 579 g/mol. The first-order chi connectivity index (χ1) is 21.7. The van der Waals surface area contributed by atoms with Gasteiger partial charge in [0, 0.05) is 29.2 Å². The van der Waals surface area contributed by atoms with Gasteiger partial charge in [0.15, 0.2) is 12.4 Å². The summed E-state index contributed by atoms with van der Waals surface area (Å²) in [4.78, 5) is 0. The van der Waals surface area contributed by atoms with Gasteiger partial charge in [-0.1, -0.05) is 107 Å². The molecular weight excluding hydrogens is 542 g/mol. The van der Waals surface area contributed by atoms with Gasteiger partial charge in [0.05, 0.1) is 0 Å². The lowest BCUT2D eigenvalue weighted by Gasteiger charge is -2.24. The topological polar surface area (TPSA) is 4.10 Å². The zero-order chi connectivity index (χ0) is 30.7. The number of fused-ring (bicyclic) bond motifs is 4. The molecule has 9 rings (SSSR count). The lowest BCUT2D eigenvalue weighted by molar-refractivity contribution is -0.511. The standard InChI is InChI=1S/C44H36N/c1-43(2,3)31-22-28-15-19-35-37(27-14-18-34-33-11-6-7-12-39(33)44(4,5)40(34)24-27)25-38(36-20-16-29(23-31)41(28)42(35)36)30-13-17-32-10-8-9-21-45(32)26-30/h6-26H,1-5H3/q+1. The van der Waals surface area contributed by atoms with Crippen LogP contribution in [0.4, 0.5) is 0 Å². The predicted molar refractivity (Wildman–Crippen MR) is 190 cm³/mol. The van der Waals surface area contributed by atoms with Gasteiger partial charge in [0.1, 0.15) is 0 Å². The van der Waals surface area contributed by atoms with E-state index >= 15 is 0 Å². The van der Waals surface area contributed by atoms with E-state index < -0.39 is 0 Å². The molecule has 8 aromatic rings. The van der Waals surface area contributed by atoms with Gasteiger partial charge in [0.2, 0.25) is 5.52 Å². The van der Waals surface area contributed by atoms with Crippen molar-refractivity contribution < 1.29 is 4.40 Å². The molecule has 0 N–H and O–H groups in total. The van der Waals surface area contributed by atoms with Crippen LogP contribution < -0.4 is 4.40 Å². The van der Waals surface area contributed by atoms with Gasteiger partial charge >= 0.3 is 0 Å². The van der Waals surface area contributed by atoms with Crippen molar-refractivity contribution in [2.24, 2.45) is 0 Å². The Balaban J connectivity index is 1.37. The van der Waals surface area contributed by atoms with Crippen LogP contribution >= 0.6 is 0 Å². The van der Waals surface area contributed by atoms with Gasteiger partial charge in [-0.15, -0.1) is 0 Å². The third kappa shape index (κ3) is 3.77. The number of nitrogens with zero attached hydrogens (tertiary/aromatic N) is 1. The fraction of sp³-hybridized carbons (Fsp3) is 0.159.